The van der Waals surface area contributed by atoms with E-state index in [1.807, 2.05) is 30.3 Å². The van der Waals surface area contributed by atoms with Gasteiger partial charge in [0, 0.05) is 29.3 Å². The van der Waals surface area contributed by atoms with Gasteiger partial charge in [0.1, 0.15) is 12.5 Å². The fraction of sp³-hybridized carbons (Fsp3) is 0.379. The topological polar surface area (TPSA) is 83.1 Å². The van der Waals surface area contributed by atoms with Crippen molar-refractivity contribution in [1.82, 2.24) is 5.32 Å². The molecule has 0 spiro atoms. The quantitative estimate of drug-likeness (QED) is 0.551. The van der Waals surface area contributed by atoms with Gasteiger partial charge in [-0.3, -0.25) is 9.59 Å². The average Bonchev–Trinajstić information content (AvgIpc) is 2.85. The molecule has 4 rings (SSSR count). The number of rotatable bonds is 7. The number of allylic oxidation sites excluding steroid dienone is 2. The van der Waals surface area contributed by atoms with Crippen LogP contribution in [0.1, 0.15) is 43.7 Å². The second-order valence-electron chi connectivity index (χ2n) is 9.99. The van der Waals surface area contributed by atoms with E-state index >= 15 is 0 Å². The van der Waals surface area contributed by atoms with Gasteiger partial charge >= 0.3 is 5.97 Å². The van der Waals surface area contributed by atoms with Gasteiger partial charge in [-0.15, -0.1) is 0 Å². The maximum Gasteiger partial charge on any atom is 0.316 e. The van der Waals surface area contributed by atoms with Crippen LogP contribution in [0.4, 0.5) is 0 Å². The van der Waals surface area contributed by atoms with Crippen LogP contribution in [-0.2, 0) is 20.9 Å². The third kappa shape index (κ3) is 4.83. The summed E-state index contributed by atoms with van der Waals surface area (Å²) >= 11 is 0. The molecule has 0 bridgehead atoms. The van der Waals surface area contributed by atoms with Crippen molar-refractivity contribution in [3.05, 3.63) is 77.1 Å². The van der Waals surface area contributed by atoms with E-state index in [9.17, 15) is 9.59 Å². The fourth-order valence-corrected chi connectivity index (χ4v) is 5.18. The highest BCUT2D eigenvalue weighted by atomic mass is 16.5. The Balaban J connectivity index is 1.82. The monoisotopic (exact) mass is 491 g/mol. The Morgan fingerprint density at radius 1 is 1.03 bits per heavy atom. The summed E-state index contributed by atoms with van der Waals surface area (Å²) in [7, 11) is 4.60. The van der Waals surface area contributed by atoms with E-state index in [1.54, 1.807) is 12.1 Å². The molecule has 0 aromatic heterocycles. The second kappa shape index (κ2) is 10.1. The van der Waals surface area contributed by atoms with Crippen LogP contribution in [0, 0.1) is 11.3 Å². The minimum Gasteiger partial charge on any atom is -0.493 e. The standard InChI is InChI=1S/C29H33NO6/c1-17-24(28(32)36-16-18-10-8-7-9-11-18)25(26-20(30-17)14-29(2,3)15-21(26)31)19-12-22(33-4)27(35-6)23(13-19)34-5/h7-13,24-25,30H,1,14-16H2,2-6H3. The lowest BCUT2D eigenvalue weighted by molar-refractivity contribution is -0.149. The van der Waals surface area contributed by atoms with Gasteiger partial charge in [0.2, 0.25) is 5.75 Å². The van der Waals surface area contributed by atoms with Crippen LogP contribution in [0.2, 0.25) is 0 Å². The predicted molar refractivity (Wildman–Crippen MR) is 136 cm³/mol. The molecule has 0 saturated carbocycles. The Hall–Kier alpha value is -3.74. The van der Waals surface area contributed by atoms with Crippen molar-refractivity contribution >= 4 is 11.8 Å². The summed E-state index contributed by atoms with van der Waals surface area (Å²) < 4.78 is 22.4. The third-order valence-corrected chi connectivity index (χ3v) is 6.78. The van der Waals surface area contributed by atoms with E-state index < -0.39 is 17.8 Å². The van der Waals surface area contributed by atoms with Crippen LogP contribution in [0.3, 0.4) is 0 Å². The van der Waals surface area contributed by atoms with Crippen molar-refractivity contribution in [2.75, 3.05) is 21.3 Å². The zero-order valence-corrected chi connectivity index (χ0v) is 21.5. The fourth-order valence-electron chi connectivity index (χ4n) is 5.18. The maximum absolute atomic E-state index is 13.6. The molecule has 1 heterocycles. The molecule has 1 aliphatic carbocycles. The Labute approximate surface area is 212 Å². The molecular weight excluding hydrogens is 458 g/mol. The molecule has 2 aliphatic rings. The molecule has 2 aromatic carbocycles. The number of nitrogens with one attached hydrogen (secondary N) is 1. The van der Waals surface area contributed by atoms with Crippen LogP contribution in [0.25, 0.3) is 0 Å². The summed E-state index contributed by atoms with van der Waals surface area (Å²) in [5.74, 6) is -0.573. The second-order valence-corrected chi connectivity index (χ2v) is 9.99. The van der Waals surface area contributed by atoms with Crippen molar-refractivity contribution in [3.63, 3.8) is 0 Å². The number of ketones is 1. The zero-order chi connectivity index (χ0) is 26.0. The molecule has 2 aromatic rings. The lowest BCUT2D eigenvalue weighted by Crippen LogP contribution is -2.43. The van der Waals surface area contributed by atoms with Crippen molar-refractivity contribution in [2.45, 2.75) is 39.2 Å². The average molecular weight is 492 g/mol. The number of methoxy groups -OCH3 is 3. The molecule has 1 aliphatic heterocycles. The first kappa shape index (κ1) is 25.4. The highest BCUT2D eigenvalue weighted by molar-refractivity contribution is 6.01. The van der Waals surface area contributed by atoms with Gasteiger partial charge in [0.25, 0.3) is 0 Å². The van der Waals surface area contributed by atoms with Crippen molar-refractivity contribution in [3.8, 4) is 17.2 Å². The zero-order valence-electron chi connectivity index (χ0n) is 21.5. The number of carbonyl (C=O) groups is 2. The SMILES string of the molecule is C=C1NC2=C(C(=O)CC(C)(C)C2)C(c2cc(OC)c(OC)c(OC)c2)C1C(=O)OCc1ccccc1. The minimum absolute atomic E-state index is 0.000797. The van der Waals surface area contributed by atoms with Gasteiger partial charge in [-0.2, -0.15) is 0 Å². The van der Waals surface area contributed by atoms with Gasteiger partial charge in [-0.1, -0.05) is 50.8 Å². The predicted octanol–water partition coefficient (Wildman–Crippen LogP) is 4.92. The first-order valence-electron chi connectivity index (χ1n) is 11.9. The first-order chi connectivity index (χ1) is 17.2. The number of hydrogen-bond donors (Lipinski definition) is 1. The van der Waals surface area contributed by atoms with Crippen molar-refractivity contribution in [2.24, 2.45) is 11.3 Å². The summed E-state index contributed by atoms with van der Waals surface area (Å²) in [6.07, 6.45) is 1.05. The van der Waals surface area contributed by atoms with Crippen molar-refractivity contribution in [1.29, 1.82) is 0 Å². The summed E-state index contributed by atoms with van der Waals surface area (Å²) in [6.45, 7) is 8.44. The van der Waals surface area contributed by atoms with Crippen LogP contribution in [0.5, 0.6) is 17.2 Å². The van der Waals surface area contributed by atoms with Crippen LogP contribution in [0.15, 0.2) is 66.0 Å². The molecule has 0 fully saturated rings. The number of hydrogen-bond acceptors (Lipinski definition) is 7. The van der Waals surface area contributed by atoms with E-state index in [-0.39, 0.29) is 17.8 Å². The molecule has 7 heteroatoms. The highest BCUT2D eigenvalue weighted by Gasteiger charge is 2.47. The van der Waals surface area contributed by atoms with Gasteiger partial charge in [0.15, 0.2) is 17.3 Å². The molecule has 36 heavy (non-hydrogen) atoms. The number of carbonyl (C=O) groups excluding carboxylic acids is 2. The summed E-state index contributed by atoms with van der Waals surface area (Å²) in [5.41, 5.74) is 3.24. The van der Waals surface area contributed by atoms with E-state index in [4.69, 9.17) is 18.9 Å². The van der Waals surface area contributed by atoms with Crippen LogP contribution < -0.4 is 19.5 Å². The molecule has 0 amide bonds. The molecule has 2 unspecified atom stereocenters. The lowest BCUT2D eigenvalue weighted by Gasteiger charge is -2.42. The third-order valence-electron chi connectivity index (χ3n) is 6.78. The number of esters is 1. The molecule has 0 saturated heterocycles. The number of Topliss-reactive ketones (excluding diaryl/α,β-unsaturated/α-hetero) is 1. The first-order valence-corrected chi connectivity index (χ1v) is 11.9. The van der Waals surface area contributed by atoms with E-state index in [2.05, 4.69) is 25.7 Å². The molecule has 0 radical (unpaired) electrons. The van der Waals surface area contributed by atoms with Gasteiger partial charge in [0.05, 0.1) is 21.3 Å². The van der Waals surface area contributed by atoms with Crippen LogP contribution >= 0.6 is 0 Å². The molecule has 190 valence electrons. The summed E-state index contributed by atoms with van der Waals surface area (Å²) in [6, 6.07) is 13.1. The molecule has 1 N–H and O–H groups in total. The number of benzene rings is 2. The largest absolute Gasteiger partial charge is 0.493 e. The normalized spacial score (nSPS) is 20.8. The smallest absolute Gasteiger partial charge is 0.316 e. The molecule has 7 nitrogen and oxygen atoms in total. The molecular formula is C29H33NO6. The number of ether oxygens (including phenoxy) is 4. The van der Waals surface area contributed by atoms with Crippen molar-refractivity contribution < 1.29 is 28.5 Å². The Kier molecular flexibility index (Phi) is 7.11. The van der Waals surface area contributed by atoms with Gasteiger partial charge in [-0.25, -0.2) is 0 Å². The highest BCUT2D eigenvalue weighted by Crippen LogP contribution is 2.50. The van der Waals surface area contributed by atoms with E-state index in [0.717, 1.165) is 11.3 Å². The Morgan fingerprint density at radius 3 is 2.25 bits per heavy atom. The minimum atomic E-state index is -0.819. The Bertz CT molecular complexity index is 1190. The van der Waals surface area contributed by atoms with E-state index in [0.29, 0.717) is 46.9 Å². The Morgan fingerprint density at radius 2 is 1.67 bits per heavy atom. The maximum atomic E-state index is 13.6. The molecule has 2 atom stereocenters. The van der Waals surface area contributed by atoms with Gasteiger partial charge < -0.3 is 24.3 Å². The summed E-state index contributed by atoms with van der Waals surface area (Å²) in [5, 5.41) is 3.29. The van der Waals surface area contributed by atoms with Crippen LogP contribution in [-0.4, -0.2) is 33.1 Å². The van der Waals surface area contributed by atoms with Gasteiger partial charge in [-0.05, 0) is 35.1 Å². The van der Waals surface area contributed by atoms with E-state index in [1.165, 1.54) is 21.3 Å². The lowest BCUT2D eigenvalue weighted by atomic mass is 9.66. The summed E-state index contributed by atoms with van der Waals surface area (Å²) in [4.78, 5) is 27.1.